The summed E-state index contributed by atoms with van der Waals surface area (Å²) < 4.78 is 0. The number of imide groups is 2. The summed E-state index contributed by atoms with van der Waals surface area (Å²) in [5.74, 6) is -1.04. The molecule has 1 fully saturated rings. The van der Waals surface area contributed by atoms with E-state index in [1.165, 1.54) is 11.3 Å². The molecule has 1 unspecified atom stereocenters. The molecule has 4 amide bonds. The van der Waals surface area contributed by atoms with E-state index in [9.17, 15) is 14.4 Å². The maximum absolute atomic E-state index is 11.7. The molecule has 0 aliphatic carbocycles. The van der Waals surface area contributed by atoms with Crippen molar-refractivity contribution < 1.29 is 14.4 Å². The second-order valence-electron chi connectivity index (χ2n) is 3.78. The molecule has 6 nitrogen and oxygen atoms in total. The molecule has 1 atom stereocenters. The van der Waals surface area contributed by atoms with Crippen molar-refractivity contribution in [3.63, 3.8) is 0 Å². The second kappa shape index (κ2) is 4.25. The average Bonchev–Trinajstić information content (AvgIpc) is 2.63. The Kier molecular flexibility index (Phi) is 2.93. The number of aromatic nitrogens is 1. The lowest BCUT2D eigenvalue weighted by Crippen LogP contribution is -2.53. The van der Waals surface area contributed by atoms with Gasteiger partial charge in [-0.05, 0) is 13.8 Å². The van der Waals surface area contributed by atoms with E-state index in [1.54, 1.807) is 13.1 Å². The normalized spacial score (nSPS) is 18.2. The first-order chi connectivity index (χ1) is 7.99. The smallest absolute Gasteiger partial charge is 0.277 e. The van der Waals surface area contributed by atoms with Gasteiger partial charge in [-0.3, -0.25) is 19.8 Å². The molecule has 1 saturated heterocycles. The third-order valence-electron chi connectivity index (χ3n) is 2.43. The third kappa shape index (κ3) is 2.19. The van der Waals surface area contributed by atoms with E-state index in [0.29, 0.717) is 5.01 Å². The standard InChI is InChI=1S/C10H11N3O3S/c1-5-4-11-9(17-5)6(2)13-8(15)3-7(14)12-10(13)16/h4,6H,3H2,1-2H3,(H,12,14,16). The Morgan fingerprint density at radius 2 is 2.18 bits per heavy atom. The topological polar surface area (TPSA) is 79.4 Å². The zero-order chi connectivity index (χ0) is 12.6. The summed E-state index contributed by atoms with van der Waals surface area (Å²) >= 11 is 1.42. The molecule has 2 heterocycles. The van der Waals surface area contributed by atoms with E-state index in [-0.39, 0.29) is 6.42 Å². The first kappa shape index (κ1) is 11.7. The van der Waals surface area contributed by atoms with Crippen molar-refractivity contribution in [2.45, 2.75) is 26.3 Å². The number of amides is 4. The minimum atomic E-state index is -0.674. The fourth-order valence-electron chi connectivity index (χ4n) is 1.63. The molecule has 0 aromatic carbocycles. The van der Waals surface area contributed by atoms with Crippen LogP contribution in [0.3, 0.4) is 0 Å². The van der Waals surface area contributed by atoms with Crippen LogP contribution in [0.15, 0.2) is 6.20 Å². The van der Waals surface area contributed by atoms with E-state index in [4.69, 9.17) is 0 Å². The number of aryl methyl sites for hydroxylation is 1. The summed E-state index contributed by atoms with van der Waals surface area (Å²) in [7, 11) is 0. The minimum absolute atomic E-state index is 0.291. The molecule has 0 saturated carbocycles. The van der Waals surface area contributed by atoms with Crippen molar-refractivity contribution in [3.05, 3.63) is 16.1 Å². The van der Waals surface area contributed by atoms with Crippen molar-refractivity contribution in [1.29, 1.82) is 0 Å². The van der Waals surface area contributed by atoms with Gasteiger partial charge >= 0.3 is 6.03 Å². The van der Waals surface area contributed by atoms with Gasteiger partial charge in [0.2, 0.25) is 11.8 Å². The predicted octanol–water partition coefficient (Wildman–Crippen LogP) is 0.981. The van der Waals surface area contributed by atoms with Gasteiger partial charge in [-0.15, -0.1) is 11.3 Å². The van der Waals surface area contributed by atoms with Crippen LogP contribution >= 0.6 is 11.3 Å². The Morgan fingerprint density at radius 1 is 1.47 bits per heavy atom. The molecule has 1 N–H and O–H groups in total. The Morgan fingerprint density at radius 3 is 2.71 bits per heavy atom. The van der Waals surface area contributed by atoms with Gasteiger partial charge in [0.25, 0.3) is 0 Å². The number of hydrogen-bond acceptors (Lipinski definition) is 5. The van der Waals surface area contributed by atoms with Gasteiger partial charge in [0.15, 0.2) is 0 Å². The molecule has 7 heteroatoms. The Hall–Kier alpha value is -1.76. The van der Waals surface area contributed by atoms with Gasteiger partial charge in [-0.2, -0.15) is 0 Å². The molecule has 2 rings (SSSR count). The van der Waals surface area contributed by atoms with E-state index in [0.717, 1.165) is 9.78 Å². The van der Waals surface area contributed by atoms with Gasteiger partial charge in [-0.25, -0.2) is 9.78 Å². The molecule has 17 heavy (non-hydrogen) atoms. The highest BCUT2D eigenvalue weighted by atomic mass is 32.1. The van der Waals surface area contributed by atoms with Crippen molar-refractivity contribution >= 4 is 29.2 Å². The highest BCUT2D eigenvalue weighted by Gasteiger charge is 2.35. The SMILES string of the molecule is Cc1cnc(C(C)N2C(=O)CC(=O)NC2=O)s1. The number of urea groups is 1. The summed E-state index contributed by atoms with van der Waals surface area (Å²) in [6.45, 7) is 3.61. The van der Waals surface area contributed by atoms with Gasteiger partial charge in [0.05, 0.1) is 6.04 Å². The minimum Gasteiger partial charge on any atom is -0.277 e. The highest BCUT2D eigenvalue weighted by molar-refractivity contribution is 7.11. The van der Waals surface area contributed by atoms with Gasteiger partial charge < -0.3 is 0 Å². The lowest BCUT2D eigenvalue weighted by Gasteiger charge is -2.28. The molecule has 1 aliphatic rings. The van der Waals surface area contributed by atoms with Crippen LogP contribution in [0.2, 0.25) is 0 Å². The van der Waals surface area contributed by atoms with E-state index < -0.39 is 23.9 Å². The second-order valence-corrected chi connectivity index (χ2v) is 5.05. The fraction of sp³-hybridized carbons (Fsp3) is 0.400. The van der Waals surface area contributed by atoms with Crippen LogP contribution in [0.25, 0.3) is 0 Å². The predicted molar refractivity (Wildman–Crippen MR) is 60.3 cm³/mol. The highest BCUT2D eigenvalue weighted by Crippen LogP contribution is 2.26. The quantitative estimate of drug-likeness (QED) is 0.797. The Labute approximate surface area is 102 Å². The van der Waals surface area contributed by atoms with E-state index in [2.05, 4.69) is 10.3 Å². The van der Waals surface area contributed by atoms with Crippen LogP contribution in [0, 0.1) is 6.92 Å². The number of thiazole rings is 1. The number of barbiturate groups is 1. The first-order valence-corrected chi connectivity index (χ1v) is 5.89. The van der Waals surface area contributed by atoms with Gasteiger partial charge in [0.1, 0.15) is 11.4 Å². The van der Waals surface area contributed by atoms with Crippen LogP contribution in [-0.2, 0) is 9.59 Å². The number of nitrogens with zero attached hydrogens (tertiary/aromatic N) is 2. The molecule has 1 aromatic heterocycles. The number of carbonyl (C=O) groups is 3. The number of hydrogen-bond donors (Lipinski definition) is 1. The fourth-order valence-corrected chi connectivity index (χ4v) is 2.44. The lowest BCUT2D eigenvalue weighted by atomic mass is 10.2. The van der Waals surface area contributed by atoms with E-state index in [1.807, 2.05) is 6.92 Å². The summed E-state index contributed by atoms with van der Waals surface area (Å²) in [4.78, 5) is 40.4. The van der Waals surface area contributed by atoms with E-state index >= 15 is 0 Å². The monoisotopic (exact) mass is 253 g/mol. The largest absolute Gasteiger partial charge is 0.331 e. The first-order valence-electron chi connectivity index (χ1n) is 5.07. The molecular weight excluding hydrogens is 242 g/mol. The lowest BCUT2D eigenvalue weighted by molar-refractivity contribution is -0.137. The van der Waals surface area contributed by atoms with Crippen molar-refractivity contribution in [2.75, 3.05) is 0 Å². The van der Waals surface area contributed by atoms with Crippen LogP contribution < -0.4 is 5.32 Å². The summed E-state index contributed by atoms with van der Waals surface area (Å²) in [6, 6.07) is -1.12. The molecule has 90 valence electrons. The van der Waals surface area contributed by atoms with Crippen LogP contribution in [0.5, 0.6) is 0 Å². The van der Waals surface area contributed by atoms with Gasteiger partial charge in [0, 0.05) is 11.1 Å². The zero-order valence-electron chi connectivity index (χ0n) is 9.39. The number of carbonyl (C=O) groups excluding carboxylic acids is 3. The molecule has 0 bridgehead atoms. The Balaban J connectivity index is 2.24. The van der Waals surface area contributed by atoms with Crippen LogP contribution in [0.1, 0.15) is 29.3 Å². The number of nitrogens with one attached hydrogen (secondary N) is 1. The van der Waals surface area contributed by atoms with Crippen LogP contribution in [-0.4, -0.2) is 27.7 Å². The summed E-state index contributed by atoms with van der Waals surface area (Å²) in [5, 5.41) is 2.80. The maximum Gasteiger partial charge on any atom is 0.331 e. The molecule has 0 radical (unpaired) electrons. The average molecular weight is 253 g/mol. The van der Waals surface area contributed by atoms with Crippen molar-refractivity contribution in [1.82, 2.24) is 15.2 Å². The summed E-state index contributed by atoms with van der Waals surface area (Å²) in [6.07, 6.45) is 1.40. The molecule has 1 aliphatic heterocycles. The van der Waals surface area contributed by atoms with Crippen LogP contribution in [0.4, 0.5) is 4.79 Å². The molecule has 0 spiro atoms. The number of rotatable bonds is 2. The van der Waals surface area contributed by atoms with Crippen molar-refractivity contribution in [3.8, 4) is 0 Å². The molecule has 1 aromatic rings. The van der Waals surface area contributed by atoms with Crippen molar-refractivity contribution in [2.24, 2.45) is 0 Å². The third-order valence-corrected chi connectivity index (χ3v) is 3.51. The zero-order valence-corrected chi connectivity index (χ0v) is 10.2. The van der Waals surface area contributed by atoms with Gasteiger partial charge in [-0.1, -0.05) is 0 Å². The Bertz CT molecular complexity index is 477. The summed E-state index contributed by atoms with van der Waals surface area (Å²) in [5.41, 5.74) is 0. The molecular formula is C10H11N3O3S. The maximum atomic E-state index is 11.7.